The molecule has 0 aliphatic heterocycles. The van der Waals surface area contributed by atoms with Crippen molar-refractivity contribution in [2.45, 2.75) is 39.3 Å². The molecule has 0 unspecified atom stereocenters. The van der Waals surface area contributed by atoms with Crippen LogP contribution in [0.3, 0.4) is 0 Å². The third-order valence-corrected chi connectivity index (χ3v) is 11.2. The molecule has 0 aliphatic carbocycles. The molecule has 4 rings (SSSR count). The quantitative estimate of drug-likeness (QED) is 0.0472. The van der Waals surface area contributed by atoms with E-state index < -0.39 is 54.4 Å². The Kier molecular flexibility index (Phi) is 8.63. The minimum Gasteiger partial charge on any atom is -0.494 e. The van der Waals surface area contributed by atoms with Crippen molar-refractivity contribution in [2.75, 3.05) is 6.61 Å². The zero-order chi connectivity index (χ0) is 28.2. The Morgan fingerprint density at radius 1 is 0.641 bits per heavy atom. The predicted molar refractivity (Wildman–Crippen MR) is 138 cm³/mol. The fourth-order valence-corrected chi connectivity index (χ4v) is 9.42. The molecule has 0 saturated heterocycles. The summed E-state index contributed by atoms with van der Waals surface area (Å²) >= 11 is 0. The monoisotopic (exact) mass is 583 g/mol. The molecular weight excluding hydrogens is 559 g/mol. The molecule has 11 heteroatoms. The standard InChI is InChI=1S/C28H23F5O4S2/c1-2-3-18-36-19-14-16-22(17-15-19)38(20-10-6-4-7-11-20,21-12-8-5-9-13-21)37-39(34,35)28-26(32)24(30)23(29)25(31)27(28)33/h4-17H,2-3,18H2,1H3/p+1. The molecule has 0 saturated carbocycles. The Hall–Kier alpha value is -3.41. The second-order valence-electron chi connectivity index (χ2n) is 8.33. The number of ether oxygens (including phenoxy) is 1. The molecular formula is C28H24F5O4S2+. The number of rotatable bonds is 10. The van der Waals surface area contributed by atoms with Gasteiger partial charge in [0.05, 0.1) is 31.6 Å². The largest absolute Gasteiger partial charge is 0.494 e. The van der Waals surface area contributed by atoms with Crippen LogP contribution in [-0.2, 0) is 10.1 Å². The van der Waals surface area contributed by atoms with Gasteiger partial charge in [-0.15, -0.1) is 8.42 Å². The van der Waals surface area contributed by atoms with Crippen molar-refractivity contribution >= 4 is 20.4 Å². The predicted octanol–water partition coefficient (Wildman–Crippen LogP) is 8.24. The van der Waals surface area contributed by atoms with Crippen molar-refractivity contribution in [3.05, 3.63) is 114 Å². The average molecular weight is 584 g/mol. The van der Waals surface area contributed by atoms with Crippen molar-refractivity contribution in [3.8, 4) is 5.75 Å². The summed E-state index contributed by atoms with van der Waals surface area (Å²) in [6.45, 7) is 2.47. The number of halogens is 5. The lowest BCUT2D eigenvalue weighted by Gasteiger charge is -2.34. The second kappa shape index (κ2) is 11.8. The zero-order valence-electron chi connectivity index (χ0n) is 20.6. The zero-order valence-corrected chi connectivity index (χ0v) is 22.2. The molecule has 4 aromatic carbocycles. The van der Waals surface area contributed by atoms with Gasteiger partial charge in [0, 0.05) is 0 Å². The lowest BCUT2D eigenvalue weighted by Crippen LogP contribution is -2.22. The first-order valence-corrected chi connectivity index (χ1v) is 14.8. The van der Waals surface area contributed by atoms with Gasteiger partial charge in [-0.25, -0.2) is 22.0 Å². The van der Waals surface area contributed by atoms with Crippen LogP contribution in [0.2, 0.25) is 0 Å². The molecule has 206 valence electrons. The molecule has 1 N–H and O–H groups in total. The van der Waals surface area contributed by atoms with Crippen LogP contribution < -0.4 is 4.74 Å². The maximum Gasteiger partial charge on any atom is 0.428 e. The molecule has 0 amide bonds. The lowest BCUT2D eigenvalue weighted by molar-refractivity contribution is 0.309. The summed E-state index contributed by atoms with van der Waals surface area (Å²) in [7, 11) is -8.72. The lowest BCUT2D eigenvalue weighted by atomic mass is 10.3. The summed E-state index contributed by atoms with van der Waals surface area (Å²) < 4.78 is 108. The molecule has 0 aromatic heterocycles. The van der Waals surface area contributed by atoms with E-state index in [-0.39, 0.29) is 0 Å². The first kappa shape index (κ1) is 28.6. The van der Waals surface area contributed by atoms with Gasteiger partial charge in [0.1, 0.15) is 5.75 Å². The van der Waals surface area contributed by atoms with E-state index in [1.54, 1.807) is 84.9 Å². The summed E-state index contributed by atoms with van der Waals surface area (Å²) in [6, 6.07) is 22.6. The summed E-state index contributed by atoms with van der Waals surface area (Å²) in [5, 5.41) is 0. The Labute approximate surface area is 224 Å². The van der Waals surface area contributed by atoms with Gasteiger partial charge in [0.2, 0.25) is 10.7 Å². The van der Waals surface area contributed by atoms with Gasteiger partial charge in [-0.05, 0) is 55.0 Å². The Morgan fingerprint density at radius 2 is 1.08 bits per heavy atom. The number of hydrogen-bond acceptors (Lipinski definition) is 3. The minimum absolute atomic E-state index is 0.329. The molecule has 0 aliphatic rings. The van der Waals surface area contributed by atoms with Crippen molar-refractivity contribution < 1.29 is 38.7 Å². The summed E-state index contributed by atoms with van der Waals surface area (Å²) in [6.07, 6.45) is 1.74. The van der Waals surface area contributed by atoms with Gasteiger partial charge in [-0.3, -0.25) is 3.63 Å². The van der Waals surface area contributed by atoms with Crippen LogP contribution in [0.15, 0.2) is 105 Å². The van der Waals surface area contributed by atoms with Crippen LogP contribution >= 0.6 is 10.3 Å². The average Bonchev–Trinajstić information content (AvgIpc) is 2.95. The molecule has 4 nitrogen and oxygen atoms in total. The highest BCUT2D eigenvalue weighted by molar-refractivity contribution is 8.32. The van der Waals surface area contributed by atoms with Crippen molar-refractivity contribution in [1.82, 2.24) is 0 Å². The van der Waals surface area contributed by atoms with Crippen LogP contribution in [-0.4, -0.2) is 18.7 Å². The van der Waals surface area contributed by atoms with Gasteiger partial charge in [-0.2, -0.15) is 0 Å². The first-order valence-electron chi connectivity index (χ1n) is 11.8. The van der Waals surface area contributed by atoms with E-state index in [2.05, 4.69) is 3.63 Å². The van der Waals surface area contributed by atoms with E-state index in [1.165, 1.54) is 0 Å². The fraction of sp³-hybridized carbons (Fsp3) is 0.143. The summed E-state index contributed by atoms with van der Waals surface area (Å²) in [4.78, 5) is -0.982. The molecule has 0 bridgehead atoms. The Balaban J connectivity index is 1.97. The van der Waals surface area contributed by atoms with Gasteiger partial charge in [-0.1, -0.05) is 49.7 Å². The van der Waals surface area contributed by atoms with Crippen LogP contribution in [0.5, 0.6) is 5.75 Å². The van der Waals surface area contributed by atoms with E-state index in [4.69, 9.17) is 4.74 Å². The highest BCUT2D eigenvalue weighted by Gasteiger charge is 2.47. The van der Waals surface area contributed by atoms with Gasteiger partial charge >= 0.3 is 10.1 Å². The minimum atomic E-state index is -5.48. The maximum atomic E-state index is 14.7. The van der Waals surface area contributed by atoms with E-state index in [1.807, 2.05) is 6.92 Å². The van der Waals surface area contributed by atoms with E-state index in [0.29, 0.717) is 27.0 Å². The smallest absolute Gasteiger partial charge is 0.428 e. The maximum absolute atomic E-state index is 14.7. The highest BCUT2D eigenvalue weighted by Crippen LogP contribution is 2.68. The molecule has 0 radical (unpaired) electrons. The van der Waals surface area contributed by atoms with Crippen LogP contribution in [0.1, 0.15) is 19.8 Å². The number of unbranched alkanes of at least 4 members (excludes halogenated alkanes) is 1. The topological polar surface area (TPSA) is 56.2 Å². The van der Waals surface area contributed by atoms with Gasteiger partial charge in [0.15, 0.2) is 23.3 Å². The number of benzene rings is 4. The van der Waals surface area contributed by atoms with E-state index in [9.17, 15) is 30.4 Å². The van der Waals surface area contributed by atoms with Crippen LogP contribution in [0, 0.1) is 29.1 Å². The van der Waals surface area contributed by atoms with Crippen molar-refractivity contribution in [1.29, 1.82) is 0 Å². The molecule has 39 heavy (non-hydrogen) atoms. The Morgan fingerprint density at radius 3 is 1.54 bits per heavy atom. The first-order chi connectivity index (χ1) is 18.6. The summed E-state index contributed by atoms with van der Waals surface area (Å²) in [5.74, 6) is -11.7. The molecule has 0 spiro atoms. The molecule has 0 heterocycles. The van der Waals surface area contributed by atoms with Gasteiger partial charge in [0.25, 0.3) is 0 Å². The summed E-state index contributed by atoms with van der Waals surface area (Å²) in [5.41, 5.74) is 0. The molecule has 0 atom stereocenters. The van der Waals surface area contributed by atoms with Crippen LogP contribution in [0.25, 0.3) is 0 Å². The molecule has 0 fully saturated rings. The highest BCUT2D eigenvalue weighted by atomic mass is 32.3. The molecule has 4 aromatic rings. The van der Waals surface area contributed by atoms with E-state index in [0.717, 1.165) is 12.8 Å². The third-order valence-electron chi connectivity index (χ3n) is 5.74. The fourth-order valence-electron chi connectivity index (χ4n) is 3.84. The second-order valence-corrected chi connectivity index (χ2v) is 12.9. The SMILES string of the molecule is CCCCOc1ccc(S([OH+]S(=O)(=O)c2c(F)c(F)c(F)c(F)c2F)(c2ccccc2)c2ccccc2)cc1. The van der Waals surface area contributed by atoms with Crippen LogP contribution in [0.4, 0.5) is 22.0 Å². The third kappa shape index (κ3) is 5.52. The number of hydrogen-bond donors (Lipinski definition) is 0. The van der Waals surface area contributed by atoms with Crippen molar-refractivity contribution in [3.63, 3.8) is 0 Å². The normalized spacial score (nSPS) is 12.4. The van der Waals surface area contributed by atoms with Crippen molar-refractivity contribution in [2.24, 2.45) is 0 Å². The Bertz CT molecular complexity index is 1480. The van der Waals surface area contributed by atoms with Gasteiger partial charge < -0.3 is 4.74 Å². The van der Waals surface area contributed by atoms with E-state index >= 15 is 0 Å².